The Bertz CT molecular complexity index is 1040. The average Bonchev–Trinajstić information content (AvgIpc) is 3.23. The van der Waals surface area contributed by atoms with E-state index in [1.54, 1.807) is 0 Å². The van der Waals surface area contributed by atoms with Gasteiger partial charge in [-0.2, -0.15) is 0 Å². The Morgan fingerprint density at radius 2 is 1.81 bits per heavy atom. The summed E-state index contributed by atoms with van der Waals surface area (Å²) in [4.78, 5) is 31.6. The molecule has 7 heteroatoms. The third-order valence-corrected chi connectivity index (χ3v) is 6.46. The predicted octanol–water partition coefficient (Wildman–Crippen LogP) is 3.59. The van der Waals surface area contributed by atoms with Gasteiger partial charge in [-0.15, -0.1) is 11.3 Å². The Morgan fingerprint density at radius 3 is 2.52 bits per heavy atom. The smallest absolute Gasteiger partial charge is 0.330 e. The van der Waals surface area contributed by atoms with Gasteiger partial charge in [-0.05, 0) is 24.9 Å². The van der Waals surface area contributed by atoms with Gasteiger partial charge in [0, 0.05) is 24.0 Å². The summed E-state index contributed by atoms with van der Waals surface area (Å²) in [6.07, 6.45) is 1.21. The molecule has 1 unspecified atom stereocenters. The van der Waals surface area contributed by atoms with Crippen LogP contribution in [0.3, 0.4) is 0 Å². The molecule has 0 radical (unpaired) electrons. The van der Waals surface area contributed by atoms with Crippen molar-refractivity contribution < 1.29 is 14.7 Å². The summed E-state index contributed by atoms with van der Waals surface area (Å²) in [7, 11) is 0. The second kappa shape index (κ2) is 9.41. The fraction of sp³-hybridized carbons (Fsp3) is 0.292. The van der Waals surface area contributed by atoms with Crippen LogP contribution in [0.4, 0.5) is 0 Å². The molecule has 1 aliphatic rings. The molecule has 1 amide bonds. The lowest BCUT2D eigenvalue weighted by Gasteiger charge is -2.40. The van der Waals surface area contributed by atoms with Crippen molar-refractivity contribution in [1.82, 2.24) is 15.2 Å². The van der Waals surface area contributed by atoms with Gasteiger partial charge in [0.2, 0.25) is 5.91 Å². The molecule has 0 spiro atoms. The number of nitrogens with zero attached hydrogens (tertiary/aromatic N) is 2. The van der Waals surface area contributed by atoms with Crippen LogP contribution in [0.2, 0.25) is 0 Å². The van der Waals surface area contributed by atoms with Gasteiger partial charge < -0.3 is 10.4 Å². The molecular weight excluding hydrogens is 410 g/mol. The summed E-state index contributed by atoms with van der Waals surface area (Å²) < 4.78 is 0. The van der Waals surface area contributed by atoms with Crippen molar-refractivity contribution in [3.05, 3.63) is 77.3 Å². The summed E-state index contributed by atoms with van der Waals surface area (Å²) in [6, 6.07) is 19.8. The molecule has 2 N–H and O–H groups in total. The molecule has 1 atom stereocenters. The van der Waals surface area contributed by atoms with Gasteiger partial charge in [-0.3, -0.25) is 9.69 Å². The number of thiazole rings is 1. The van der Waals surface area contributed by atoms with E-state index in [1.807, 2.05) is 66.0 Å². The van der Waals surface area contributed by atoms with Gasteiger partial charge in [-0.25, -0.2) is 9.78 Å². The molecule has 2 heterocycles. The molecule has 6 nitrogen and oxygen atoms in total. The number of piperidine rings is 1. The lowest BCUT2D eigenvalue weighted by atomic mass is 9.88. The number of benzene rings is 2. The van der Waals surface area contributed by atoms with Crippen molar-refractivity contribution in [2.24, 2.45) is 0 Å². The van der Waals surface area contributed by atoms with Crippen LogP contribution in [0.25, 0.3) is 10.6 Å². The zero-order valence-electron chi connectivity index (χ0n) is 17.2. The van der Waals surface area contributed by atoms with Crippen molar-refractivity contribution in [2.45, 2.75) is 31.3 Å². The van der Waals surface area contributed by atoms with E-state index in [1.165, 1.54) is 11.3 Å². The summed E-state index contributed by atoms with van der Waals surface area (Å²) in [5.74, 6) is -1.30. The zero-order chi connectivity index (χ0) is 21.7. The standard InChI is InChI=1S/C24H25N3O3S/c28-21(14-20-16-31-22(25-20)19-10-5-2-6-11-19)26-24(23(29)30)12-7-13-27(17-24)15-18-8-3-1-4-9-18/h1-6,8-11,16H,7,12-15,17H2,(H,26,28)(H,29,30). The van der Waals surface area contributed by atoms with Crippen LogP contribution >= 0.6 is 11.3 Å². The minimum atomic E-state index is -1.28. The number of aliphatic carboxylic acids is 1. The lowest BCUT2D eigenvalue weighted by Crippen LogP contribution is -2.63. The summed E-state index contributed by atoms with van der Waals surface area (Å²) in [6.45, 7) is 1.76. The Kier molecular flexibility index (Phi) is 6.44. The highest BCUT2D eigenvalue weighted by molar-refractivity contribution is 7.13. The average molecular weight is 436 g/mol. The minimum Gasteiger partial charge on any atom is -0.479 e. The number of carboxylic acids is 1. The third-order valence-electron chi connectivity index (χ3n) is 5.52. The quantitative estimate of drug-likeness (QED) is 0.593. The zero-order valence-corrected chi connectivity index (χ0v) is 18.0. The van der Waals surface area contributed by atoms with E-state index >= 15 is 0 Å². The molecule has 4 rings (SSSR count). The van der Waals surface area contributed by atoms with E-state index in [4.69, 9.17) is 0 Å². The fourth-order valence-electron chi connectivity index (χ4n) is 4.03. The van der Waals surface area contributed by atoms with Crippen LogP contribution in [-0.4, -0.2) is 45.5 Å². The summed E-state index contributed by atoms with van der Waals surface area (Å²) >= 11 is 1.48. The maximum absolute atomic E-state index is 12.8. The van der Waals surface area contributed by atoms with Crippen LogP contribution < -0.4 is 5.32 Å². The largest absolute Gasteiger partial charge is 0.479 e. The Morgan fingerprint density at radius 1 is 1.10 bits per heavy atom. The van der Waals surface area contributed by atoms with Gasteiger partial charge in [0.05, 0.1) is 12.1 Å². The number of carbonyl (C=O) groups excluding carboxylic acids is 1. The van der Waals surface area contributed by atoms with Crippen LogP contribution in [0.5, 0.6) is 0 Å². The van der Waals surface area contributed by atoms with Gasteiger partial charge >= 0.3 is 5.97 Å². The number of carbonyl (C=O) groups is 2. The van der Waals surface area contributed by atoms with E-state index in [0.29, 0.717) is 25.1 Å². The third kappa shape index (κ3) is 5.18. The molecule has 0 saturated carbocycles. The molecule has 3 aromatic rings. The summed E-state index contributed by atoms with van der Waals surface area (Å²) in [5.41, 5.74) is 1.51. The number of carboxylic acid groups (broad SMARTS) is 1. The van der Waals surface area contributed by atoms with Crippen molar-refractivity contribution in [3.63, 3.8) is 0 Å². The predicted molar refractivity (Wildman–Crippen MR) is 121 cm³/mol. The molecule has 1 aliphatic heterocycles. The van der Waals surface area contributed by atoms with E-state index in [0.717, 1.165) is 22.7 Å². The highest BCUT2D eigenvalue weighted by atomic mass is 32.1. The Labute approximate surface area is 185 Å². The van der Waals surface area contributed by atoms with E-state index in [9.17, 15) is 14.7 Å². The van der Waals surface area contributed by atoms with Crippen molar-refractivity contribution >= 4 is 23.2 Å². The molecule has 2 aromatic carbocycles. The molecule has 1 fully saturated rings. The number of hydrogen-bond acceptors (Lipinski definition) is 5. The second-order valence-corrected chi connectivity index (χ2v) is 8.78. The molecular formula is C24H25N3O3S. The number of amides is 1. The Balaban J connectivity index is 1.42. The number of aromatic nitrogens is 1. The summed E-state index contributed by atoms with van der Waals surface area (Å²) in [5, 5.41) is 15.5. The van der Waals surface area contributed by atoms with Gasteiger partial charge in [0.25, 0.3) is 0 Å². The first-order valence-electron chi connectivity index (χ1n) is 10.3. The first-order chi connectivity index (χ1) is 15.0. The van der Waals surface area contributed by atoms with E-state index < -0.39 is 11.5 Å². The van der Waals surface area contributed by atoms with Gasteiger partial charge in [0.15, 0.2) is 5.54 Å². The molecule has 1 saturated heterocycles. The maximum Gasteiger partial charge on any atom is 0.330 e. The SMILES string of the molecule is O=C(Cc1csc(-c2ccccc2)n1)NC1(C(=O)O)CCCN(Cc2ccccc2)C1. The van der Waals surface area contributed by atoms with Crippen LogP contribution in [-0.2, 0) is 22.6 Å². The van der Waals surface area contributed by atoms with E-state index in [2.05, 4.69) is 15.2 Å². The molecule has 0 bridgehead atoms. The number of nitrogens with one attached hydrogen (secondary N) is 1. The number of rotatable bonds is 7. The molecule has 31 heavy (non-hydrogen) atoms. The highest BCUT2D eigenvalue weighted by Crippen LogP contribution is 2.25. The molecule has 0 aliphatic carbocycles. The normalized spacial score (nSPS) is 19.1. The maximum atomic E-state index is 12.8. The van der Waals surface area contributed by atoms with Crippen LogP contribution in [0.15, 0.2) is 66.0 Å². The van der Waals surface area contributed by atoms with Gasteiger partial charge in [0.1, 0.15) is 5.01 Å². The van der Waals surface area contributed by atoms with Gasteiger partial charge in [-0.1, -0.05) is 60.7 Å². The monoisotopic (exact) mass is 435 g/mol. The minimum absolute atomic E-state index is 0.0665. The van der Waals surface area contributed by atoms with Crippen molar-refractivity contribution in [1.29, 1.82) is 0 Å². The highest BCUT2D eigenvalue weighted by Gasteiger charge is 2.43. The van der Waals surface area contributed by atoms with E-state index in [-0.39, 0.29) is 18.9 Å². The first-order valence-corrected chi connectivity index (χ1v) is 11.2. The van der Waals surface area contributed by atoms with Crippen LogP contribution in [0, 0.1) is 0 Å². The lowest BCUT2D eigenvalue weighted by molar-refractivity contribution is -0.150. The second-order valence-electron chi connectivity index (χ2n) is 7.92. The molecule has 1 aromatic heterocycles. The van der Waals surface area contributed by atoms with Crippen LogP contribution in [0.1, 0.15) is 24.1 Å². The topological polar surface area (TPSA) is 82.5 Å². The number of likely N-dealkylation sites (tertiary alicyclic amines) is 1. The Hall–Kier alpha value is -3.03. The van der Waals surface area contributed by atoms with Crippen molar-refractivity contribution in [2.75, 3.05) is 13.1 Å². The number of hydrogen-bond donors (Lipinski definition) is 2. The first kappa shape index (κ1) is 21.2. The van der Waals surface area contributed by atoms with Crippen molar-refractivity contribution in [3.8, 4) is 10.6 Å². The fourth-order valence-corrected chi connectivity index (χ4v) is 4.85. The molecule has 160 valence electrons.